The fraction of sp³-hybridized carbons (Fsp3) is 0.762. The topological polar surface area (TPSA) is 12.9 Å². The zero-order chi connectivity index (χ0) is 17.2. The summed E-state index contributed by atoms with van der Waals surface area (Å²) in [5.41, 5.74) is 3.28. The van der Waals surface area contributed by atoms with Crippen LogP contribution in [0.3, 0.4) is 0 Å². The van der Waals surface area contributed by atoms with Crippen molar-refractivity contribution in [2.24, 2.45) is 11.3 Å². The summed E-state index contributed by atoms with van der Waals surface area (Å²) in [7, 11) is 0. The van der Waals surface area contributed by atoms with Gasteiger partial charge in [0.1, 0.15) is 0 Å². The van der Waals surface area contributed by atoms with Gasteiger partial charge in [-0.15, -0.1) is 0 Å². The Morgan fingerprint density at radius 3 is 1.95 bits per heavy atom. The van der Waals surface area contributed by atoms with Crippen LogP contribution in [0.25, 0.3) is 0 Å². The van der Waals surface area contributed by atoms with E-state index >= 15 is 0 Å². The summed E-state index contributed by atoms with van der Waals surface area (Å²) in [6, 6.07) is 4.55. The Balaban J connectivity index is 2.97. The van der Waals surface area contributed by atoms with Crippen molar-refractivity contribution in [2.75, 3.05) is 0 Å². The van der Waals surface area contributed by atoms with Gasteiger partial charge in [0.25, 0.3) is 0 Å². The fourth-order valence-electron chi connectivity index (χ4n) is 3.74. The van der Waals surface area contributed by atoms with Gasteiger partial charge < -0.3 is 0 Å². The molecule has 0 atom stereocenters. The Bertz CT molecular complexity index is 463. The first-order valence-corrected chi connectivity index (χ1v) is 8.87. The van der Waals surface area contributed by atoms with E-state index in [-0.39, 0.29) is 10.8 Å². The van der Waals surface area contributed by atoms with Crippen LogP contribution in [0.15, 0.2) is 18.3 Å². The molecule has 0 radical (unpaired) electrons. The molecule has 0 saturated heterocycles. The van der Waals surface area contributed by atoms with E-state index < -0.39 is 0 Å². The minimum absolute atomic E-state index is 0.152. The highest BCUT2D eigenvalue weighted by Crippen LogP contribution is 2.38. The summed E-state index contributed by atoms with van der Waals surface area (Å²) < 4.78 is 0. The van der Waals surface area contributed by atoms with Gasteiger partial charge >= 0.3 is 0 Å². The van der Waals surface area contributed by atoms with Crippen LogP contribution in [0, 0.1) is 11.3 Å². The second kappa shape index (κ2) is 6.72. The van der Waals surface area contributed by atoms with Crippen LogP contribution in [-0.2, 0) is 10.8 Å². The van der Waals surface area contributed by atoms with Crippen molar-refractivity contribution >= 4 is 0 Å². The van der Waals surface area contributed by atoms with Crippen LogP contribution in [-0.4, -0.2) is 4.98 Å². The van der Waals surface area contributed by atoms with Gasteiger partial charge in [-0.1, -0.05) is 74.8 Å². The number of hydrogen-bond acceptors (Lipinski definition) is 1. The Morgan fingerprint density at radius 1 is 0.955 bits per heavy atom. The van der Waals surface area contributed by atoms with E-state index in [9.17, 15) is 0 Å². The van der Waals surface area contributed by atoms with Gasteiger partial charge in [-0.2, -0.15) is 0 Å². The Kier molecular flexibility index (Phi) is 5.87. The van der Waals surface area contributed by atoms with Gasteiger partial charge in [0.05, 0.1) is 0 Å². The number of pyridine rings is 1. The molecule has 1 aromatic rings. The zero-order valence-electron chi connectivity index (χ0n) is 16.4. The van der Waals surface area contributed by atoms with E-state index in [0.29, 0.717) is 11.3 Å². The van der Waals surface area contributed by atoms with Crippen molar-refractivity contribution in [1.82, 2.24) is 4.98 Å². The molecular weight excluding hydrogens is 266 g/mol. The SMILES string of the molecule is CCC(C)(C)CC(C)(C)c1ccc(C(C)(C)CC(C)C)nc1. The molecule has 0 aromatic carbocycles. The standard InChI is InChI=1S/C21H37N/c1-10-19(4,5)15-21(8,9)17-11-12-18(22-14-17)20(6,7)13-16(2)3/h11-12,14,16H,10,13,15H2,1-9H3. The van der Waals surface area contributed by atoms with Gasteiger partial charge in [0, 0.05) is 17.3 Å². The van der Waals surface area contributed by atoms with Crippen molar-refractivity contribution in [2.45, 2.75) is 92.4 Å². The van der Waals surface area contributed by atoms with E-state index in [1.54, 1.807) is 0 Å². The lowest BCUT2D eigenvalue weighted by molar-refractivity contribution is 0.248. The van der Waals surface area contributed by atoms with E-state index in [1.807, 2.05) is 0 Å². The summed E-state index contributed by atoms with van der Waals surface area (Å²) in [4.78, 5) is 4.83. The lowest BCUT2D eigenvalue weighted by Gasteiger charge is -2.35. The first-order chi connectivity index (χ1) is 9.89. The van der Waals surface area contributed by atoms with Gasteiger partial charge in [-0.25, -0.2) is 0 Å². The molecule has 1 aromatic heterocycles. The zero-order valence-corrected chi connectivity index (χ0v) is 16.4. The molecule has 1 nitrogen and oxygen atoms in total. The van der Waals surface area contributed by atoms with E-state index in [1.165, 1.54) is 30.5 Å². The smallest absolute Gasteiger partial charge is 0.0460 e. The maximum absolute atomic E-state index is 4.83. The number of aromatic nitrogens is 1. The number of rotatable bonds is 7. The summed E-state index contributed by atoms with van der Waals surface area (Å²) in [5, 5.41) is 0. The maximum atomic E-state index is 4.83. The molecule has 0 saturated carbocycles. The van der Waals surface area contributed by atoms with Gasteiger partial charge in [-0.3, -0.25) is 4.98 Å². The highest BCUT2D eigenvalue weighted by Gasteiger charge is 2.30. The van der Waals surface area contributed by atoms with Crippen LogP contribution in [0.2, 0.25) is 0 Å². The molecule has 0 aliphatic rings. The Hall–Kier alpha value is -0.850. The molecule has 0 aliphatic heterocycles. The molecule has 1 heteroatoms. The van der Waals surface area contributed by atoms with Crippen molar-refractivity contribution in [3.05, 3.63) is 29.6 Å². The molecule has 1 heterocycles. The summed E-state index contributed by atoms with van der Waals surface area (Å²) in [5.74, 6) is 0.693. The lowest BCUT2D eigenvalue weighted by atomic mass is 9.70. The van der Waals surface area contributed by atoms with E-state index in [2.05, 4.69) is 80.6 Å². The van der Waals surface area contributed by atoms with Crippen LogP contribution in [0.5, 0.6) is 0 Å². The predicted molar refractivity (Wildman–Crippen MR) is 98.4 cm³/mol. The number of hydrogen-bond donors (Lipinski definition) is 0. The normalized spacial score (nSPS) is 13.7. The third-order valence-corrected chi connectivity index (χ3v) is 5.03. The maximum Gasteiger partial charge on any atom is 0.0460 e. The molecule has 0 unspecified atom stereocenters. The molecule has 126 valence electrons. The molecular formula is C21H37N. The average molecular weight is 304 g/mol. The highest BCUT2D eigenvalue weighted by molar-refractivity contribution is 5.25. The second-order valence-electron chi connectivity index (χ2n) is 9.49. The monoisotopic (exact) mass is 303 g/mol. The molecule has 0 aliphatic carbocycles. The first-order valence-electron chi connectivity index (χ1n) is 8.87. The highest BCUT2D eigenvalue weighted by atomic mass is 14.7. The van der Waals surface area contributed by atoms with Gasteiger partial charge in [-0.05, 0) is 41.2 Å². The molecule has 0 spiro atoms. The van der Waals surface area contributed by atoms with Crippen LogP contribution >= 0.6 is 0 Å². The van der Waals surface area contributed by atoms with Gasteiger partial charge in [0.2, 0.25) is 0 Å². The van der Waals surface area contributed by atoms with Crippen molar-refractivity contribution in [1.29, 1.82) is 0 Å². The van der Waals surface area contributed by atoms with Crippen LogP contribution in [0.1, 0.15) is 92.8 Å². The summed E-state index contributed by atoms with van der Waals surface area (Å²) in [6.45, 7) is 20.9. The van der Waals surface area contributed by atoms with E-state index in [4.69, 9.17) is 4.98 Å². The lowest BCUT2D eigenvalue weighted by Crippen LogP contribution is -2.27. The number of nitrogens with zero attached hydrogens (tertiary/aromatic N) is 1. The molecule has 22 heavy (non-hydrogen) atoms. The summed E-state index contributed by atoms with van der Waals surface area (Å²) >= 11 is 0. The van der Waals surface area contributed by atoms with E-state index in [0.717, 1.165) is 0 Å². The average Bonchev–Trinajstić information content (AvgIpc) is 2.36. The summed E-state index contributed by atoms with van der Waals surface area (Å²) in [6.07, 6.45) is 5.69. The Morgan fingerprint density at radius 2 is 1.55 bits per heavy atom. The van der Waals surface area contributed by atoms with Crippen LogP contribution < -0.4 is 0 Å². The third-order valence-electron chi connectivity index (χ3n) is 5.03. The largest absolute Gasteiger partial charge is 0.260 e. The molecule has 1 rings (SSSR count). The fourth-order valence-corrected chi connectivity index (χ4v) is 3.74. The quantitative estimate of drug-likeness (QED) is 0.559. The van der Waals surface area contributed by atoms with Crippen molar-refractivity contribution < 1.29 is 0 Å². The minimum atomic E-state index is 0.152. The van der Waals surface area contributed by atoms with Crippen molar-refractivity contribution in [3.8, 4) is 0 Å². The second-order valence-corrected chi connectivity index (χ2v) is 9.49. The minimum Gasteiger partial charge on any atom is -0.260 e. The predicted octanol–water partition coefficient (Wildman–Crippen LogP) is 6.51. The van der Waals surface area contributed by atoms with Gasteiger partial charge in [0.15, 0.2) is 0 Å². The molecule has 0 amide bonds. The molecule has 0 bridgehead atoms. The first kappa shape index (κ1) is 19.2. The third kappa shape index (κ3) is 5.11. The molecule has 0 fully saturated rings. The van der Waals surface area contributed by atoms with Crippen molar-refractivity contribution in [3.63, 3.8) is 0 Å². The Labute approximate surface area is 138 Å². The molecule has 0 N–H and O–H groups in total. The van der Waals surface area contributed by atoms with Crippen LogP contribution in [0.4, 0.5) is 0 Å².